The molecule has 1 heterocycles. The van der Waals surface area contributed by atoms with E-state index >= 15 is 0 Å². The third-order valence-corrected chi connectivity index (χ3v) is 4.82. The average molecular weight is 435 g/mol. The number of thioether (sulfide) groups is 1. The number of hydrogen-bond donors (Lipinski definition) is 0. The molecule has 0 spiro atoms. The molecule has 6 nitrogen and oxygen atoms in total. The molecule has 0 N–H and O–H groups in total. The Morgan fingerprint density at radius 1 is 1.12 bits per heavy atom. The standard InChI is InChI=1S/C18H15BrN2O4S/c1-23-15-7-6-11(9-16(15)24-2)14(22)10-26-18-21-20-17(25-18)12-4-3-5-13(19)8-12/h3-9H,10H2,1-2H3. The minimum atomic E-state index is -0.0711. The van der Waals surface area contributed by atoms with Gasteiger partial charge >= 0.3 is 0 Å². The van der Waals surface area contributed by atoms with Crippen LogP contribution in [-0.4, -0.2) is 36.0 Å². The zero-order valence-corrected chi connectivity index (χ0v) is 16.5. The molecule has 0 atom stereocenters. The minimum Gasteiger partial charge on any atom is -0.493 e. The largest absolute Gasteiger partial charge is 0.493 e. The van der Waals surface area contributed by atoms with Crippen molar-refractivity contribution in [3.05, 3.63) is 52.5 Å². The van der Waals surface area contributed by atoms with Crippen molar-refractivity contribution >= 4 is 33.5 Å². The maximum absolute atomic E-state index is 12.4. The van der Waals surface area contributed by atoms with Gasteiger partial charge in [-0.05, 0) is 36.4 Å². The number of carbonyl (C=O) groups excluding carboxylic acids is 1. The molecule has 0 aliphatic rings. The van der Waals surface area contributed by atoms with Crippen molar-refractivity contribution in [3.63, 3.8) is 0 Å². The Labute approximate surface area is 163 Å². The van der Waals surface area contributed by atoms with Crippen molar-refractivity contribution in [2.24, 2.45) is 0 Å². The van der Waals surface area contributed by atoms with E-state index in [1.54, 1.807) is 25.3 Å². The zero-order valence-electron chi connectivity index (χ0n) is 14.1. The van der Waals surface area contributed by atoms with E-state index in [1.165, 1.54) is 18.9 Å². The molecule has 0 amide bonds. The maximum atomic E-state index is 12.4. The Morgan fingerprint density at radius 2 is 1.92 bits per heavy atom. The summed E-state index contributed by atoms with van der Waals surface area (Å²) < 4.78 is 16.9. The van der Waals surface area contributed by atoms with Crippen molar-refractivity contribution in [2.75, 3.05) is 20.0 Å². The molecule has 0 aliphatic heterocycles. The first-order valence-electron chi connectivity index (χ1n) is 7.58. The van der Waals surface area contributed by atoms with Crippen LogP contribution in [0, 0.1) is 0 Å². The van der Waals surface area contributed by atoms with Gasteiger partial charge in [0, 0.05) is 15.6 Å². The number of halogens is 1. The molecule has 0 radical (unpaired) electrons. The number of hydrogen-bond acceptors (Lipinski definition) is 7. The number of aromatic nitrogens is 2. The molecule has 3 aromatic rings. The first-order valence-corrected chi connectivity index (χ1v) is 9.36. The molecule has 26 heavy (non-hydrogen) atoms. The van der Waals surface area contributed by atoms with E-state index in [2.05, 4.69) is 26.1 Å². The molecule has 3 rings (SSSR count). The normalized spacial score (nSPS) is 10.6. The maximum Gasteiger partial charge on any atom is 0.277 e. The third-order valence-electron chi connectivity index (χ3n) is 3.51. The predicted molar refractivity (Wildman–Crippen MR) is 102 cm³/mol. The number of rotatable bonds is 7. The summed E-state index contributed by atoms with van der Waals surface area (Å²) in [5, 5.41) is 8.35. The van der Waals surface area contributed by atoms with Crippen LogP contribution in [0.25, 0.3) is 11.5 Å². The third kappa shape index (κ3) is 4.25. The lowest BCUT2D eigenvalue weighted by Gasteiger charge is -2.08. The van der Waals surface area contributed by atoms with Gasteiger partial charge in [0.05, 0.1) is 20.0 Å². The van der Waals surface area contributed by atoms with Crippen LogP contribution in [0.3, 0.4) is 0 Å². The number of methoxy groups -OCH3 is 2. The Kier molecular flexibility index (Phi) is 5.95. The van der Waals surface area contributed by atoms with Crippen molar-refractivity contribution in [3.8, 4) is 23.0 Å². The van der Waals surface area contributed by atoms with Gasteiger partial charge in [-0.1, -0.05) is 33.8 Å². The topological polar surface area (TPSA) is 74.5 Å². The smallest absolute Gasteiger partial charge is 0.277 e. The number of benzene rings is 2. The van der Waals surface area contributed by atoms with Crippen LogP contribution in [0.2, 0.25) is 0 Å². The highest BCUT2D eigenvalue weighted by Gasteiger charge is 2.14. The van der Waals surface area contributed by atoms with Crippen molar-refractivity contribution in [2.45, 2.75) is 5.22 Å². The molecule has 0 unspecified atom stereocenters. The molecule has 1 aromatic heterocycles. The summed E-state index contributed by atoms with van der Waals surface area (Å²) in [7, 11) is 3.08. The number of ether oxygens (including phenoxy) is 2. The van der Waals surface area contributed by atoms with Gasteiger partial charge < -0.3 is 13.9 Å². The van der Waals surface area contributed by atoms with Gasteiger partial charge in [-0.25, -0.2) is 0 Å². The van der Waals surface area contributed by atoms with E-state index in [0.29, 0.717) is 28.2 Å². The minimum absolute atomic E-state index is 0.0711. The van der Waals surface area contributed by atoms with Gasteiger partial charge in [-0.2, -0.15) is 0 Å². The summed E-state index contributed by atoms with van der Waals surface area (Å²) in [5.41, 5.74) is 1.34. The number of nitrogens with zero attached hydrogens (tertiary/aromatic N) is 2. The highest BCUT2D eigenvalue weighted by Crippen LogP contribution is 2.29. The summed E-state index contributed by atoms with van der Waals surface area (Å²) in [6.45, 7) is 0. The summed E-state index contributed by atoms with van der Waals surface area (Å²) >= 11 is 4.60. The molecule has 8 heteroatoms. The fraction of sp³-hybridized carbons (Fsp3) is 0.167. The lowest BCUT2D eigenvalue weighted by molar-refractivity contribution is 0.102. The first-order chi connectivity index (χ1) is 12.6. The highest BCUT2D eigenvalue weighted by atomic mass is 79.9. The molecule has 0 aliphatic carbocycles. The molecule has 0 saturated carbocycles. The molecule has 0 saturated heterocycles. The van der Waals surface area contributed by atoms with Crippen LogP contribution in [0.1, 0.15) is 10.4 Å². The van der Waals surface area contributed by atoms with E-state index < -0.39 is 0 Å². The van der Waals surface area contributed by atoms with Crippen LogP contribution in [-0.2, 0) is 0 Å². The average Bonchev–Trinajstić information content (AvgIpc) is 3.14. The SMILES string of the molecule is COc1ccc(C(=O)CSc2nnc(-c3cccc(Br)c3)o2)cc1OC. The van der Waals surface area contributed by atoms with E-state index in [9.17, 15) is 4.79 Å². The quantitative estimate of drug-likeness (QED) is 0.400. The van der Waals surface area contributed by atoms with Gasteiger partial charge in [0.1, 0.15) is 0 Å². The zero-order chi connectivity index (χ0) is 18.5. The predicted octanol–water partition coefficient (Wildman–Crippen LogP) is 4.49. The van der Waals surface area contributed by atoms with E-state index in [-0.39, 0.29) is 11.5 Å². The van der Waals surface area contributed by atoms with Crippen molar-refractivity contribution in [1.29, 1.82) is 0 Å². The molecule has 2 aromatic carbocycles. The van der Waals surface area contributed by atoms with Gasteiger partial charge in [0.2, 0.25) is 5.89 Å². The molecular formula is C18H15BrN2O4S. The fourth-order valence-electron chi connectivity index (χ4n) is 2.23. The Bertz CT molecular complexity index is 929. The fourth-order valence-corrected chi connectivity index (χ4v) is 3.28. The lowest BCUT2D eigenvalue weighted by Crippen LogP contribution is -2.03. The summed E-state index contributed by atoms with van der Waals surface area (Å²) in [6, 6.07) is 12.6. The second-order valence-electron chi connectivity index (χ2n) is 5.17. The monoisotopic (exact) mass is 434 g/mol. The Hall–Kier alpha value is -2.32. The summed E-state index contributed by atoms with van der Waals surface area (Å²) in [6.07, 6.45) is 0. The van der Waals surface area contributed by atoms with E-state index in [1.807, 2.05) is 24.3 Å². The van der Waals surface area contributed by atoms with Gasteiger partial charge in [0.25, 0.3) is 5.22 Å². The van der Waals surface area contributed by atoms with Crippen molar-refractivity contribution in [1.82, 2.24) is 10.2 Å². The van der Waals surface area contributed by atoms with Crippen LogP contribution < -0.4 is 9.47 Å². The number of ketones is 1. The summed E-state index contributed by atoms with van der Waals surface area (Å²) in [4.78, 5) is 12.4. The van der Waals surface area contributed by atoms with E-state index in [0.717, 1.165) is 10.0 Å². The van der Waals surface area contributed by atoms with E-state index in [4.69, 9.17) is 13.9 Å². The molecule has 134 valence electrons. The van der Waals surface area contributed by atoms with Crippen LogP contribution in [0.4, 0.5) is 0 Å². The summed E-state index contributed by atoms with van der Waals surface area (Å²) in [5.74, 6) is 1.60. The van der Waals surface area contributed by atoms with Crippen molar-refractivity contribution < 1.29 is 18.7 Å². The van der Waals surface area contributed by atoms with Gasteiger partial charge in [-0.15, -0.1) is 10.2 Å². The number of Topliss-reactive ketones (excluding diaryl/α,β-unsaturated/α-hetero) is 1. The van der Waals surface area contributed by atoms with Crippen LogP contribution in [0.5, 0.6) is 11.5 Å². The van der Waals surface area contributed by atoms with Crippen LogP contribution in [0.15, 0.2) is 56.6 Å². The number of carbonyl (C=O) groups is 1. The second kappa shape index (κ2) is 8.37. The first kappa shape index (κ1) is 18.5. The van der Waals surface area contributed by atoms with Gasteiger partial charge in [-0.3, -0.25) is 4.79 Å². The molecular weight excluding hydrogens is 420 g/mol. The molecule has 0 fully saturated rings. The Balaban J connectivity index is 1.67. The second-order valence-corrected chi connectivity index (χ2v) is 7.01. The Morgan fingerprint density at radius 3 is 2.65 bits per heavy atom. The van der Waals surface area contributed by atoms with Crippen LogP contribution >= 0.6 is 27.7 Å². The molecule has 0 bridgehead atoms. The van der Waals surface area contributed by atoms with Gasteiger partial charge in [0.15, 0.2) is 17.3 Å². The highest BCUT2D eigenvalue weighted by molar-refractivity contribution is 9.10. The lowest BCUT2D eigenvalue weighted by atomic mass is 10.1.